The van der Waals surface area contributed by atoms with Crippen LogP contribution in [0.5, 0.6) is 0 Å². The predicted octanol–water partition coefficient (Wildman–Crippen LogP) is 1.63. The molecule has 0 bridgehead atoms. The van der Waals surface area contributed by atoms with E-state index >= 15 is 0 Å². The number of carbonyl (C=O) groups is 2. The summed E-state index contributed by atoms with van der Waals surface area (Å²) in [6.07, 6.45) is 10.6. The van der Waals surface area contributed by atoms with Crippen molar-refractivity contribution in [3.63, 3.8) is 0 Å². The molecule has 0 unspecified atom stereocenters. The quantitative estimate of drug-likeness (QED) is 0.774. The van der Waals surface area contributed by atoms with Gasteiger partial charge in [0.05, 0.1) is 6.61 Å². The number of hydrogen-bond donors (Lipinski definition) is 2. The van der Waals surface area contributed by atoms with E-state index in [9.17, 15) is 9.59 Å². The van der Waals surface area contributed by atoms with E-state index in [1.807, 2.05) is 0 Å². The van der Waals surface area contributed by atoms with Crippen LogP contribution in [0.15, 0.2) is 0 Å². The van der Waals surface area contributed by atoms with E-state index in [2.05, 4.69) is 10.6 Å². The molecule has 2 amide bonds. The van der Waals surface area contributed by atoms with Crippen LogP contribution in [0.4, 0.5) is 0 Å². The standard InChI is InChI=1S/C17H28N2O4/c20-15(16(21)19-13-7-3-1-4-8-13)18-11-14-12-22-17(23-14)9-5-2-6-10-17/h13-14H,1-12H2,(H,18,20)(H,19,21)/t14-/m1/s1. The molecule has 1 saturated heterocycles. The summed E-state index contributed by atoms with van der Waals surface area (Å²) >= 11 is 0. The lowest BCUT2D eigenvalue weighted by Crippen LogP contribution is -2.47. The van der Waals surface area contributed by atoms with Gasteiger partial charge in [-0.2, -0.15) is 0 Å². The summed E-state index contributed by atoms with van der Waals surface area (Å²) in [5.41, 5.74) is 0. The Morgan fingerprint density at radius 3 is 2.39 bits per heavy atom. The zero-order valence-corrected chi connectivity index (χ0v) is 13.8. The first kappa shape index (κ1) is 16.7. The number of carbonyl (C=O) groups excluding carboxylic acids is 2. The third-order valence-electron chi connectivity index (χ3n) is 5.17. The van der Waals surface area contributed by atoms with Crippen LogP contribution in [-0.2, 0) is 19.1 Å². The van der Waals surface area contributed by atoms with Gasteiger partial charge < -0.3 is 20.1 Å². The smallest absolute Gasteiger partial charge is 0.309 e. The van der Waals surface area contributed by atoms with Gasteiger partial charge in [-0.3, -0.25) is 9.59 Å². The normalized spacial score (nSPS) is 27.7. The lowest BCUT2D eigenvalue weighted by Gasteiger charge is -2.31. The highest BCUT2D eigenvalue weighted by molar-refractivity contribution is 6.35. The van der Waals surface area contributed by atoms with Crippen LogP contribution in [0.1, 0.15) is 64.2 Å². The summed E-state index contributed by atoms with van der Waals surface area (Å²) in [5, 5.41) is 5.51. The van der Waals surface area contributed by atoms with Gasteiger partial charge in [0.2, 0.25) is 0 Å². The van der Waals surface area contributed by atoms with Crippen LogP contribution in [0, 0.1) is 0 Å². The average molecular weight is 324 g/mol. The Hall–Kier alpha value is -1.14. The Kier molecular flexibility index (Phi) is 5.54. The highest BCUT2D eigenvalue weighted by Gasteiger charge is 2.42. The van der Waals surface area contributed by atoms with Gasteiger partial charge in [-0.1, -0.05) is 25.7 Å². The number of ether oxygens (including phenoxy) is 2. The van der Waals surface area contributed by atoms with Crippen LogP contribution < -0.4 is 10.6 Å². The number of nitrogens with one attached hydrogen (secondary N) is 2. The molecular formula is C17H28N2O4. The van der Waals surface area contributed by atoms with Gasteiger partial charge in [0.1, 0.15) is 6.10 Å². The Bertz CT molecular complexity index is 428. The van der Waals surface area contributed by atoms with Gasteiger partial charge in [-0.05, 0) is 25.7 Å². The van der Waals surface area contributed by atoms with Crippen molar-refractivity contribution in [2.45, 2.75) is 82.1 Å². The molecule has 23 heavy (non-hydrogen) atoms. The van der Waals surface area contributed by atoms with Crippen molar-refractivity contribution in [3.05, 3.63) is 0 Å². The minimum atomic E-state index is -0.566. The third-order valence-corrected chi connectivity index (χ3v) is 5.17. The topological polar surface area (TPSA) is 76.7 Å². The molecule has 1 heterocycles. The van der Waals surface area contributed by atoms with Gasteiger partial charge in [-0.15, -0.1) is 0 Å². The fraction of sp³-hybridized carbons (Fsp3) is 0.882. The second-order valence-electron chi connectivity index (χ2n) is 7.04. The summed E-state index contributed by atoms with van der Waals surface area (Å²) in [6, 6.07) is 0.151. The molecule has 0 aromatic carbocycles. The van der Waals surface area contributed by atoms with Crippen LogP contribution in [0.25, 0.3) is 0 Å². The molecule has 2 aliphatic carbocycles. The van der Waals surface area contributed by atoms with E-state index in [1.165, 1.54) is 12.8 Å². The molecule has 3 aliphatic rings. The Labute approximate surface area is 137 Å². The van der Waals surface area contributed by atoms with Crippen molar-refractivity contribution in [2.75, 3.05) is 13.2 Å². The van der Waals surface area contributed by atoms with Crippen molar-refractivity contribution >= 4 is 11.8 Å². The second kappa shape index (κ2) is 7.62. The average Bonchev–Trinajstić information content (AvgIpc) is 2.96. The van der Waals surface area contributed by atoms with Crippen LogP contribution in [-0.4, -0.2) is 42.9 Å². The van der Waals surface area contributed by atoms with Crippen molar-refractivity contribution in [3.8, 4) is 0 Å². The van der Waals surface area contributed by atoms with Gasteiger partial charge in [-0.25, -0.2) is 0 Å². The van der Waals surface area contributed by atoms with Gasteiger partial charge in [0.15, 0.2) is 5.79 Å². The minimum Gasteiger partial charge on any atom is -0.347 e. The molecule has 2 N–H and O–H groups in total. The summed E-state index contributed by atoms with van der Waals surface area (Å²) in [5.74, 6) is -1.52. The molecule has 0 radical (unpaired) electrons. The largest absolute Gasteiger partial charge is 0.347 e. The SMILES string of the molecule is O=C(NC[C@@H]1COC2(CCCCC2)O1)C(=O)NC1CCCCC1. The van der Waals surface area contributed by atoms with Gasteiger partial charge >= 0.3 is 11.8 Å². The molecule has 1 aliphatic heterocycles. The molecule has 3 fully saturated rings. The Morgan fingerprint density at radius 1 is 0.957 bits per heavy atom. The van der Waals surface area contributed by atoms with Crippen LogP contribution in [0.2, 0.25) is 0 Å². The Morgan fingerprint density at radius 2 is 1.65 bits per heavy atom. The fourth-order valence-corrected chi connectivity index (χ4v) is 3.85. The number of hydrogen-bond acceptors (Lipinski definition) is 4. The summed E-state index contributed by atoms with van der Waals surface area (Å²) < 4.78 is 11.8. The van der Waals surface area contributed by atoms with Gasteiger partial charge in [0.25, 0.3) is 0 Å². The van der Waals surface area contributed by atoms with E-state index < -0.39 is 17.6 Å². The highest BCUT2D eigenvalue weighted by Crippen LogP contribution is 2.37. The monoisotopic (exact) mass is 324 g/mol. The first-order chi connectivity index (χ1) is 11.2. The molecule has 6 heteroatoms. The minimum absolute atomic E-state index is 0.151. The first-order valence-electron chi connectivity index (χ1n) is 9.07. The van der Waals surface area contributed by atoms with Crippen molar-refractivity contribution in [1.82, 2.24) is 10.6 Å². The zero-order valence-electron chi connectivity index (χ0n) is 13.8. The van der Waals surface area contributed by atoms with Gasteiger partial charge in [0, 0.05) is 25.4 Å². The fourth-order valence-electron chi connectivity index (χ4n) is 3.85. The molecule has 0 aromatic heterocycles. The Balaban J connectivity index is 1.38. The van der Waals surface area contributed by atoms with Crippen molar-refractivity contribution in [1.29, 1.82) is 0 Å². The van der Waals surface area contributed by atoms with Crippen LogP contribution >= 0.6 is 0 Å². The molecule has 0 aromatic rings. The molecule has 2 saturated carbocycles. The molecule has 130 valence electrons. The molecule has 1 spiro atoms. The van der Waals surface area contributed by atoms with E-state index in [-0.39, 0.29) is 12.1 Å². The second-order valence-corrected chi connectivity index (χ2v) is 7.04. The molecule has 3 rings (SSSR count). The maximum Gasteiger partial charge on any atom is 0.309 e. The van der Waals surface area contributed by atoms with E-state index in [1.54, 1.807) is 0 Å². The third kappa shape index (κ3) is 4.44. The molecular weight excluding hydrogens is 296 g/mol. The summed E-state index contributed by atoms with van der Waals surface area (Å²) in [6.45, 7) is 0.823. The van der Waals surface area contributed by atoms with E-state index in [0.29, 0.717) is 13.2 Å². The van der Waals surface area contributed by atoms with E-state index in [4.69, 9.17) is 9.47 Å². The lowest BCUT2D eigenvalue weighted by atomic mass is 9.94. The predicted molar refractivity (Wildman–Crippen MR) is 84.7 cm³/mol. The molecule has 1 atom stereocenters. The lowest BCUT2D eigenvalue weighted by molar-refractivity contribution is -0.186. The van der Waals surface area contributed by atoms with Crippen molar-refractivity contribution < 1.29 is 19.1 Å². The number of rotatable bonds is 3. The van der Waals surface area contributed by atoms with Crippen LogP contribution in [0.3, 0.4) is 0 Å². The maximum atomic E-state index is 11.9. The van der Waals surface area contributed by atoms with Crippen molar-refractivity contribution in [2.24, 2.45) is 0 Å². The highest BCUT2D eigenvalue weighted by atomic mass is 16.7. The van der Waals surface area contributed by atoms with E-state index in [0.717, 1.165) is 51.4 Å². The zero-order chi connectivity index (χ0) is 16.1. The number of amides is 2. The first-order valence-corrected chi connectivity index (χ1v) is 9.07. The molecule has 6 nitrogen and oxygen atoms in total. The summed E-state index contributed by atoms with van der Waals surface area (Å²) in [7, 11) is 0. The summed E-state index contributed by atoms with van der Waals surface area (Å²) in [4.78, 5) is 23.8. The maximum absolute atomic E-state index is 11.9.